The molecule has 1 aliphatic rings. The highest BCUT2D eigenvalue weighted by Crippen LogP contribution is 2.16. The molecule has 1 fully saturated rings. The van der Waals surface area contributed by atoms with Gasteiger partial charge in [-0.3, -0.25) is 9.59 Å². The third-order valence-electron chi connectivity index (χ3n) is 3.97. The molecule has 1 saturated heterocycles. The van der Waals surface area contributed by atoms with Crippen LogP contribution in [0.25, 0.3) is 0 Å². The highest BCUT2D eigenvalue weighted by Gasteiger charge is 2.22. The van der Waals surface area contributed by atoms with Gasteiger partial charge >= 0.3 is 0 Å². The van der Waals surface area contributed by atoms with Crippen molar-refractivity contribution < 1.29 is 19.1 Å². The van der Waals surface area contributed by atoms with Gasteiger partial charge in [-0.05, 0) is 24.6 Å². The molecule has 0 spiro atoms. The van der Waals surface area contributed by atoms with Crippen molar-refractivity contribution in [3.63, 3.8) is 0 Å². The molecule has 23 heavy (non-hydrogen) atoms. The molecule has 0 bridgehead atoms. The summed E-state index contributed by atoms with van der Waals surface area (Å²) in [5, 5.41) is 0. The smallest absolute Gasteiger partial charge is 0.254 e. The number of hydrogen-bond acceptors (Lipinski definition) is 4. The van der Waals surface area contributed by atoms with E-state index >= 15 is 0 Å². The number of amides is 2. The van der Waals surface area contributed by atoms with Gasteiger partial charge in [-0.2, -0.15) is 0 Å². The van der Waals surface area contributed by atoms with Crippen molar-refractivity contribution in [2.75, 3.05) is 47.0 Å². The van der Waals surface area contributed by atoms with Gasteiger partial charge in [0, 0.05) is 38.9 Å². The number of benzene rings is 1. The Balaban J connectivity index is 1.96. The van der Waals surface area contributed by atoms with Crippen molar-refractivity contribution in [1.29, 1.82) is 0 Å². The Kier molecular flexibility index (Phi) is 6.40. The van der Waals surface area contributed by atoms with Gasteiger partial charge in [-0.1, -0.05) is 6.07 Å². The molecule has 0 aliphatic carbocycles. The molecule has 126 valence electrons. The van der Waals surface area contributed by atoms with Gasteiger partial charge in [0.05, 0.1) is 20.1 Å². The summed E-state index contributed by atoms with van der Waals surface area (Å²) >= 11 is 0. The normalized spacial score (nSPS) is 15.2. The summed E-state index contributed by atoms with van der Waals surface area (Å²) in [7, 11) is 3.17. The first kappa shape index (κ1) is 17.3. The Hall–Kier alpha value is -2.08. The van der Waals surface area contributed by atoms with Gasteiger partial charge in [-0.15, -0.1) is 0 Å². The maximum Gasteiger partial charge on any atom is 0.254 e. The van der Waals surface area contributed by atoms with Gasteiger partial charge in [0.1, 0.15) is 5.75 Å². The lowest BCUT2D eigenvalue weighted by atomic mass is 10.2. The molecule has 0 unspecified atom stereocenters. The highest BCUT2D eigenvalue weighted by atomic mass is 16.5. The van der Waals surface area contributed by atoms with E-state index in [1.165, 1.54) is 0 Å². The van der Waals surface area contributed by atoms with Gasteiger partial charge in [-0.25, -0.2) is 0 Å². The number of ether oxygens (including phenoxy) is 2. The maximum absolute atomic E-state index is 12.6. The summed E-state index contributed by atoms with van der Waals surface area (Å²) in [4.78, 5) is 28.3. The van der Waals surface area contributed by atoms with Crippen molar-refractivity contribution >= 4 is 11.8 Å². The molecular formula is C17H24N2O4. The summed E-state index contributed by atoms with van der Waals surface area (Å²) in [6.45, 7) is 2.89. The van der Waals surface area contributed by atoms with Crippen LogP contribution >= 0.6 is 0 Å². The Morgan fingerprint density at radius 3 is 2.57 bits per heavy atom. The molecule has 0 saturated carbocycles. The molecule has 0 radical (unpaired) electrons. The third-order valence-corrected chi connectivity index (χ3v) is 3.97. The zero-order chi connectivity index (χ0) is 16.7. The lowest BCUT2D eigenvalue weighted by Gasteiger charge is -2.22. The van der Waals surface area contributed by atoms with Gasteiger partial charge in [0.15, 0.2) is 0 Å². The van der Waals surface area contributed by atoms with Crippen molar-refractivity contribution in [2.24, 2.45) is 0 Å². The molecular weight excluding hydrogens is 296 g/mol. The van der Waals surface area contributed by atoms with Gasteiger partial charge in [0.2, 0.25) is 5.91 Å². The molecule has 6 nitrogen and oxygen atoms in total. The van der Waals surface area contributed by atoms with E-state index in [-0.39, 0.29) is 11.8 Å². The van der Waals surface area contributed by atoms with Gasteiger partial charge < -0.3 is 19.3 Å². The van der Waals surface area contributed by atoms with E-state index < -0.39 is 0 Å². The monoisotopic (exact) mass is 320 g/mol. The number of carbonyl (C=O) groups excluding carboxylic acids is 2. The number of rotatable bonds is 5. The summed E-state index contributed by atoms with van der Waals surface area (Å²) in [6, 6.07) is 7.16. The quantitative estimate of drug-likeness (QED) is 0.823. The Morgan fingerprint density at radius 2 is 1.83 bits per heavy atom. The van der Waals surface area contributed by atoms with E-state index in [0.29, 0.717) is 50.5 Å². The fraction of sp³-hybridized carbons (Fsp3) is 0.529. The number of hydrogen-bond donors (Lipinski definition) is 0. The van der Waals surface area contributed by atoms with E-state index in [1.807, 2.05) is 17.0 Å². The first-order valence-corrected chi connectivity index (χ1v) is 7.85. The SMILES string of the molecule is COCCC(=O)N1CCCN(C(=O)c2cccc(OC)c2)CC1. The fourth-order valence-electron chi connectivity index (χ4n) is 2.66. The first-order valence-electron chi connectivity index (χ1n) is 7.85. The molecule has 1 aromatic rings. The van der Waals surface area contributed by atoms with Crippen LogP contribution in [-0.4, -0.2) is 68.6 Å². The average molecular weight is 320 g/mol. The average Bonchev–Trinajstić information content (AvgIpc) is 2.85. The summed E-state index contributed by atoms with van der Waals surface area (Å²) in [5.74, 6) is 0.736. The summed E-state index contributed by atoms with van der Waals surface area (Å²) in [5.41, 5.74) is 0.614. The second-order valence-corrected chi connectivity index (χ2v) is 5.50. The zero-order valence-corrected chi connectivity index (χ0v) is 13.8. The Labute approximate surface area is 137 Å². The molecule has 2 amide bonds. The number of methoxy groups -OCH3 is 2. The van der Waals surface area contributed by atoms with Crippen LogP contribution in [0.2, 0.25) is 0 Å². The lowest BCUT2D eigenvalue weighted by molar-refractivity contribution is -0.132. The van der Waals surface area contributed by atoms with E-state index in [4.69, 9.17) is 9.47 Å². The molecule has 1 heterocycles. The topological polar surface area (TPSA) is 59.1 Å². The lowest BCUT2D eigenvalue weighted by Crippen LogP contribution is -2.37. The molecule has 0 N–H and O–H groups in total. The molecule has 0 atom stereocenters. The van der Waals surface area contributed by atoms with E-state index in [2.05, 4.69) is 0 Å². The second kappa shape index (κ2) is 8.53. The minimum atomic E-state index is -0.0184. The van der Waals surface area contributed by atoms with Crippen LogP contribution in [0.15, 0.2) is 24.3 Å². The summed E-state index contributed by atoms with van der Waals surface area (Å²) < 4.78 is 10.1. The number of carbonyl (C=O) groups is 2. The first-order chi connectivity index (χ1) is 11.2. The van der Waals surface area contributed by atoms with Crippen LogP contribution in [0.5, 0.6) is 5.75 Å². The van der Waals surface area contributed by atoms with E-state index in [1.54, 1.807) is 31.3 Å². The van der Waals surface area contributed by atoms with Crippen molar-refractivity contribution in [3.8, 4) is 5.75 Å². The van der Waals surface area contributed by atoms with Crippen molar-refractivity contribution in [2.45, 2.75) is 12.8 Å². The van der Waals surface area contributed by atoms with Crippen LogP contribution in [0.3, 0.4) is 0 Å². The Bertz CT molecular complexity index is 547. The van der Waals surface area contributed by atoms with E-state index in [0.717, 1.165) is 6.42 Å². The predicted octanol–water partition coefficient (Wildman–Crippen LogP) is 1.41. The highest BCUT2D eigenvalue weighted by molar-refractivity contribution is 5.94. The fourth-order valence-corrected chi connectivity index (χ4v) is 2.66. The van der Waals surface area contributed by atoms with E-state index in [9.17, 15) is 9.59 Å². The van der Waals surface area contributed by atoms with Crippen LogP contribution in [0.1, 0.15) is 23.2 Å². The number of nitrogens with zero attached hydrogens (tertiary/aromatic N) is 2. The Morgan fingerprint density at radius 1 is 1.09 bits per heavy atom. The molecule has 2 rings (SSSR count). The minimum absolute atomic E-state index is 0.0184. The zero-order valence-electron chi connectivity index (χ0n) is 13.8. The van der Waals surface area contributed by atoms with Crippen molar-refractivity contribution in [3.05, 3.63) is 29.8 Å². The largest absolute Gasteiger partial charge is 0.497 e. The van der Waals surface area contributed by atoms with Crippen LogP contribution in [-0.2, 0) is 9.53 Å². The van der Waals surface area contributed by atoms with Gasteiger partial charge in [0.25, 0.3) is 5.91 Å². The van der Waals surface area contributed by atoms with Crippen LogP contribution < -0.4 is 4.74 Å². The molecule has 1 aromatic carbocycles. The van der Waals surface area contributed by atoms with Crippen molar-refractivity contribution in [1.82, 2.24) is 9.80 Å². The minimum Gasteiger partial charge on any atom is -0.497 e. The third kappa shape index (κ3) is 4.69. The molecule has 1 aliphatic heterocycles. The summed E-state index contributed by atoms with van der Waals surface area (Å²) in [6.07, 6.45) is 1.18. The standard InChI is InChI=1S/C17H24N2O4/c1-22-12-7-16(20)18-8-4-9-19(11-10-18)17(21)14-5-3-6-15(13-14)23-2/h3,5-6,13H,4,7-12H2,1-2H3. The second-order valence-electron chi connectivity index (χ2n) is 5.50. The van der Waals surface area contributed by atoms with Crippen LogP contribution in [0.4, 0.5) is 0 Å². The van der Waals surface area contributed by atoms with Crippen LogP contribution in [0, 0.1) is 0 Å². The maximum atomic E-state index is 12.6. The molecule has 6 heteroatoms. The predicted molar refractivity (Wildman–Crippen MR) is 86.6 cm³/mol. The molecule has 0 aromatic heterocycles.